The molecule has 0 atom stereocenters. The van der Waals surface area contributed by atoms with Crippen molar-refractivity contribution in [2.24, 2.45) is 0 Å². The lowest BCUT2D eigenvalue weighted by Crippen LogP contribution is -2.23. The van der Waals surface area contributed by atoms with Gasteiger partial charge in [-0.2, -0.15) is 0 Å². The quantitative estimate of drug-likeness (QED) is 0.471. The molecule has 2 aromatic carbocycles. The van der Waals surface area contributed by atoms with E-state index in [1.54, 1.807) is 30.3 Å². The maximum Gasteiger partial charge on any atom is 0.344 e. The Morgan fingerprint density at radius 1 is 0.962 bits per heavy atom. The molecule has 0 saturated carbocycles. The number of hydrogen-bond donors (Lipinski definition) is 1. The Bertz CT molecular complexity index is 763. The van der Waals surface area contributed by atoms with Crippen LogP contribution in [0.1, 0.15) is 0 Å². The van der Waals surface area contributed by atoms with Gasteiger partial charge in [-0.1, -0.05) is 0 Å². The minimum atomic E-state index is -0.642. The van der Waals surface area contributed by atoms with Gasteiger partial charge in [-0.05, 0) is 59.0 Å². The second-order valence-electron chi connectivity index (χ2n) is 5.02. The molecule has 0 unspecified atom stereocenters. The Labute approximate surface area is 164 Å². The lowest BCUT2D eigenvalue weighted by Gasteiger charge is -2.12. The van der Waals surface area contributed by atoms with Crippen LogP contribution < -0.4 is 19.5 Å². The number of rotatable bonds is 8. The molecule has 0 heterocycles. The van der Waals surface area contributed by atoms with Crippen LogP contribution in [-0.4, -0.2) is 39.3 Å². The highest BCUT2D eigenvalue weighted by molar-refractivity contribution is 14.1. The molecule has 0 bridgehead atoms. The van der Waals surface area contributed by atoms with E-state index >= 15 is 0 Å². The summed E-state index contributed by atoms with van der Waals surface area (Å²) in [4.78, 5) is 23.7. The third kappa shape index (κ3) is 6.10. The van der Waals surface area contributed by atoms with Crippen molar-refractivity contribution >= 4 is 40.2 Å². The zero-order valence-electron chi connectivity index (χ0n) is 14.3. The SMILES string of the molecule is COc1ccc(OC)c(NC(=O)COC(=O)COc2ccc(I)cc2)c1. The van der Waals surface area contributed by atoms with E-state index in [2.05, 4.69) is 27.9 Å². The first-order chi connectivity index (χ1) is 12.5. The topological polar surface area (TPSA) is 83.1 Å². The fourth-order valence-electron chi connectivity index (χ4n) is 1.96. The van der Waals surface area contributed by atoms with Crippen LogP contribution in [0.4, 0.5) is 5.69 Å². The maximum absolute atomic E-state index is 12.0. The van der Waals surface area contributed by atoms with Crippen LogP contribution in [0.15, 0.2) is 42.5 Å². The Hall–Kier alpha value is -2.49. The van der Waals surface area contributed by atoms with E-state index in [4.69, 9.17) is 18.9 Å². The lowest BCUT2D eigenvalue weighted by molar-refractivity contribution is -0.149. The molecule has 2 aromatic rings. The average Bonchev–Trinajstić information content (AvgIpc) is 2.65. The number of halogens is 1. The van der Waals surface area contributed by atoms with Crippen molar-refractivity contribution in [1.82, 2.24) is 0 Å². The Balaban J connectivity index is 1.81. The largest absolute Gasteiger partial charge is 0.497 e. The van der Waals surface area contributed by atoms with Crippen molar-refractivity contribution < 1.29 is 28.5 Å². The number of carbonyl (C=O) groups is 2. The number of amides is 1. The molecule has 0 aliphatic heterocycles. The van der Waals surface area contributed by atoms with Gasteiger partial charge >= 0.3 is 5.97 Å². The molecule has 0 aliphatic carbocycles. The summed E-state index contributed by atoms with van der Waals surface area (Å²) in [5.74, 6) is 0.431. The third-order valence-electron chi connectivity index (χ3n) is 3.22. The van der Waals surface area contributed by atoms with Crippen LogP contribution >= 0.6 is 22.6 Å². The predicted molar refractivity (Wildman–Crippen MR) is 104 cm³/mol. The first-order valence-corrected chi connectivity index (χ1v) is 8.65. The molecule has 0 saturated heterocycles. The number of esters is 1. The van der Waals surface area contributed by atoms with Gasteiger partial charge in [0.15, 0.2) is 13.2 Å². The zero-order valence-corrected chi connectivity index (χ0v) is 16.4. The lowest BCUT2D eigenvalue weighted by atomic mass is 10.2. The summed E-state index contributed by atoms with van der Waals surface area (Å²) in [6.45, 7) is -0.717. The van der Waals surface area contributed by atoms with Crippen molar-refractivity contribution in [3.8, 4) is 17.2 Å². The molecule has 138 valence electrons. The smallest absolute Gasteiger partial charge is 0.344 e. The molecule has 0 radical (unpaired) electrons. The second kappa shape index (κ2) is 9.85. The minimum Gasteiger partial charge on any atom is -0.497 e. The van der Waals surface area contributed by atoms with Crippen LogP contribution in [-0.2, 0) is 14.3 Å². The van der Waals surface area contributed by atoms with Crippen LogP contribution in [0.25, 0.3) is 0 Å². The van der Waals surface area contributed by atoms with E-state index in [0.29, 0.717) is 22.9 Å². The van der Waals surface area contributed by atoms with Gasteiger partial charge in [0.2, 0.25) is 0 Å². The van der Waals surface area contributed by atoms with E-state index in [-0.39, 0.29) is 6.61 Å². The highest BCUT2D eigenvalue weighted by Gasteiger charge is 2.12. The van der Waals surface area contributed by atoms with Crippen molar-refractivity contribution in [3.05, 3.63) is 46.0 Å². The van der Waals surface area contributed by atoms with Crippen molar-refractivity contribution in [2.45, 2.75) is 0 Å². The fourth-order valence-corrected chi connectivity index (χ4v) is 2.32. The van der Waals surface area contributed by atoms with E-state index < -0.39 is 18.5 Å². The van der Waals surface area contributed by atoms with E-state index in [0.717, 1.165) is 3.57 Å². The molecule has 0 spiro atoms. The van der Waals surface area contributed by atoms with Gasteiger partial charge in [0.25, 0.3) is 5.91 Å². The van der Waals surface area contributed by atoms with E-state index in [1.807, 2.05) is 12.1 Å². The molecule has 26 heavy (non-hydrogen) atoms. The van der Waals surface area contributed by atoms with Gasteiger partial charge in [-0.15, -0.1) is 0 Å². The van der Waals surface area contributed by atoms with Crippen LogP contribution in [0.3, 0.4) is 0 Å². The molecular weight excluding hydrogens is 453 g/mol. The third-order valence-corrected chi connectivity index (χ3v) is 3.93. The Kier molecular flexibility index (Phi) is 7.52. The number of ether oxygens (including phenoxy) is 4. The molecule has 8 heteroatoms. The number of hydrogen-bond acceptors (Lipinski definition) is 6. The number of methoxy groups -OCH3 is 2. The van der Waals surface area contributed by atoms with Gasteiger partial charge in [0, 0.05) is 9.64 Å². The van der Waals surface area contributed by atoms with Gasteiger partial charge in [-0.25, -0.2) is 4.79 Å². The van der Waals surface area contributed by atoms with Crippen molar-refractivity contribution in [2.75, 3.05) is 32.8 Å². The fraction of sp³-hybridized carbons (Fsp3) is 0.222. The average molecular weight is 471 g/mol. The first-order valence-electron chi connectivity index (χ1n) is 7.57. The highest BCUT2D eigenvalue weighted by Crippen LogP contribution is 2.28. The predicted octanol–water partition coefficient (Wildman–Crippen LogP) is 2.87. The summed E-state index contributed by atoms with van der Waals surface area (Å²) >= 11 is 2.17. The summed E-state index contributed by atoms with van der Waals surface area (Å²) in [5.41, 5.74) is 0.419. The normalized spacial score (nSPS) is 9.96. The maximum atomic E-state index is 12.0. The minimum absolute atomic E-state index is 0.281. The number of nitrogens with one attached hydrogen (secondary N) is 1. The zero-order chi connectivity index (χ0) is 18.9. The molecule has 7 nitrogen and oxygen atoms in total. The van der Waals surface area contributed by atoms with Crippen molar-refractivity contribution in [3.63, 3.8) is 0 Å². The Morgan fingerprint density at radius 3 is 2.31 bits per heavy atom. The summed E-state index contributed by atoms with van der Waals surface area (Å²) in [7, 11) is 3.00. The second-order valence-corrected chi connectivity index (χ2v) is 6.26. The van der Waals surface area contributed by atoms with Crippen LogP contribution in [0.2, 0.25) is 0 Å². The molecule has 1 amide bonds. The summed E-state index contributed by atoms with van der Waals surface area (Å²) in [6.07, 6.45) is 0. The molecular formula is C18H18INO6. The molecule has 0 aliphatic rings. The summed E-state index contributed by atoms with van der Waals surface area (Å²) in [5, 5.41) is 2.61. The number of anilines is 1. The van der Waals surface area contributed by atoms with E-state index in [1.165, 1.54) is 14.2 Å². The van der Waals surface area contributed by atoms with E-state index in [9.17, 15) is 9.59 Å². The van der Waals surface area contributed by atoms with Crippen LogP contribution in [0.5, 0.6) is 17.2 Å². The summed E-state index contributed by atoms with van der Waals surface area (Å²) < 4.78 is 21.5. The Morgan fingerprint density at radius 2 is 1.65 bits per heavy atom. The van der Waals surface area contributed by atoms with Gasteiger partial charge < -0.3 is 24.3 Å². The van der Waals surface area contributed by atoms with Gasteiger partial charge in [-0.3, -0.25) is 4.79 Å². The number of benzene rings is 2. The van der Waals surface area contributed by atoms with Gasteiger partial charge in [0.05, 0.1) is 19.9 Å². The monoisotopic (exact) mass is 471 g/mol. The molecule has 1 N–H and O–H groups in total. The molecule has 0 fully saturated rings. The standard InChI is InChI=1S/C18H18INO6/c1-23-14-7-8-16(24-2)15(9-14)20-17(21)10-26-18(22)11-25-13-5-3-12(19)4-6-13/h3-9H,10-11H2,1-2H3,(H,20,21). The van der Waals surface area contributed by atoms with Crippen LogP contribution in [0, 0.1) is 3.57 Å². The van der Waals surface area contributed by atoms with Crippen molar-refractivity contribution in [1.29, 1.82) is 0 Å². The molecule has 0 aromatic heterocycles. The molecule has 2 rings (SSSR count). The number of carbonyl (C=O) groups excluding carboxylic acids is 2. The first kappa shape index (κ1) is 19.8. The highest BCUT2D eigenvalue weighted by atomic mass is 127. The van der Waals surface area contributed by atoms with Gasteiger partial charge in [0.1, 0.15) is 17.2 Å². The summed E-state index contributed by atoms with van der Waals surface area (Å²) in [6, 6.07) is 12.2.